The summed E-state index contributed by atoms with van der Waals surface area (Å²) >= 11 is 1.42. The van der Waals surface area contributed by atoms with Gasteiger partial charge < -0.3 is 19.5 Å². The van der Waals surface area contributed by atoms with Gasteiger partial charge in [0, 0.05) is 6.42 Å². The third-order valence-electron chi connectivity index (χ3n) is 4.49. The number of nitriles is 1. The molecule has 0 spiro atoms. The van der Waals surface area contributed by atoms with E-state index in [1.165, 1.54) is 11.3 Å². The highest BCUT2D eigenvalue weighted by atomic mass is 32.1. The Kier molecular flexibility index (Phi) is 2.86. The maximum atomic E-state index is 12.4. The van der Waals surface area contributed by atoms with E-state index in [1.54, 1.807) is 4.90 Å². The Hall–Kier alpha value is -2.57. The number of anilines is 1. The molecule has 3 aliphatic heterocycles. The van der Waals surface area contributed by atoms with Gasteiger partial charge in [-0.15, -0.1) is 0 Å². The van der Waals surface area contributed by atoms with E-state index < -0.39 is 6.10 Å². The van der Waals surface area contributed by atoms with Gasteiger partial charge in [-0.1, -0.05) is 11.3 Å². The van der Waals surface area contributed by atoms with Crippen LogP contribution in [0.15, 0.2) is 12.1 Å². The molecule has 2 aromatic rings. The summed E-state index contributed by atoms with van der Waals surface area (Å²) in [5.41, 5.74) is 0.702. The van der Waals surface area contributed by atoms with Gasteiger partial charge in [0.2, 0.25) is 6.79 Å². The molecule has 1 aromatic heterocycles. The molecular formula is C15H12N4O4S. The van der Waals surface area contributed by atoms with E-state index in [2.05, 4.69) is 16.4 Å². The van der Waals surface area contributed by atoms with Crippen molar-refractivity contribution in [3.05, 3.63) is 12.1 Å². The van der Waals surface area contributed by atoms with E-state index in [4.69, 9.17) is 19.5 Å². The first-order valence-electron chi connectivity index (χ1n) is 7.54. The van der Waals surface area contributed by atoms with E-state index in [-0.39, 0.29) is 24.9 Å². The van der Waals surface area contributed by atoms with Crippen molar-refractivity contribution in [2.24, 2.45) is 0 Å². The van der Waals surface area contributed by atoms with Gasteiger partial charge in [0.15, 0.2) is 16.6 Å². The monoisotopic (exact) mass is 344 g/mol. The van der Waals surface area contributed by atoms with Crippen LogP contribution in [0.4, 0.5) is 9.93 Å². The Balaban J connectivity index is 1.53. The highest BCUT2D eigenvalue weighted by Gasteiger charge is 2.45. The second kappa shape index (κ2) is 4.96. The number of urea groups is 1. The summed E-state index contributed by atoms with van der Waals surface area (Å²) in [6, 6.07) is 5.39. The van der Waals surface area contributed by atoms with Crippen LogP contribution in [0.1, 0.15) is 6.42 Å². The lowest BCUT2D eigenvalue weighted by atomic mass is 10.0. The van der Waals surface area contributed by atoms with Gasteiger partial charge in [0.05, 0.1) is 29.5 Å². The standard InChI is InChI=1S/C15H12N4O4S/c16-4-7-3-8-9(5-21-7)19(14(20)17-8)15-18-12-11(24-15)2-1-10-13(12)23-6-22-10/h1-2,7-9H,3,5-6H2,(H,17,20)/t7-,8-,9+/m1/s1. The fraction of sp³-hybridized carbons (Fsp3) is 0.400. The Morgan fingerprint density at radius 3 is 3.21 bits per heavy atom. The lowest BCUT2D eigenvalue weighted by molar-refractivity contribution is 0.0314. The van der Waals surface area contributed by atoms with Crippen molar-refractivity contribution in [2.75, 3.05) is 18.3 Å². The molecule has 0 radical (unpaired) electrons. The molecular weight excluding hydrogens is 332 g/mol. The molecule has 0 saturated carbocycles. The average molecular weight is 344 g/mol. The number of hydrogen-bond acceptors (Lipinski definition) is 7. The molecule has 24 heavy (non-hydrogen) atoms. The molecule has 3 atom stereocenters. The smallest absolute Gasteiger partial charge is 0.324 e. The summed E-state index contributed by atoms with van der Waals surface area (Å²) in [4.78, 5) is 18.7. The Morgan fingerprint density at radius 1 is 1.42 bits per heavy atom. The number of nitrogens with zero attached hydrogens (tertiary/aromatic N) is 3. The average Bonchev–Trinajstić information content (AvgIpc) is 3.28. The quantitative estimate of drug-likeness (QED) is 0.844. The molecule has 122 valence electrons. The maximum Gasteiger partial charge on any atom is 0.324 e. The van der Waals surface area contributed by atoms with E-state index >= 15 is 0 Å². The normalized spacial score (nSPS) is 27.9. The van der Waals surface area contributed by atoms with Gasteiger partial charge in [-0.3, -0.25) is 4.90 Å². The zero-order valence-electron chi connectivity index (χ0n) is 12.4. The number of nitrogens with one attached hydrogen (secondary N) is 1. The molecule has 4 heterocycles. The minimum Gasteiger partial charge on any atom is -0.454 e. The minimum absolute atomic E-state index is 0.104. The highest BCUT2D eigenvalue weighted by molar-refractivity contribution is 7.22. The number of carbonyl (C=O) groups excluding carboxylic acids is 1. The number of hydrogen-bond donors (Lipinski definition) is 1. The first-order chi connectivity index (χ1) is 11.7. The Labute approximate surface area is 140 Å². The van der Waals surface area contributed by atoms with Crippen LogP contribution in [0.5, 0.6) is 11.5 Å². The Bertz CT molecular complexity index is 891. The lowest BCUT2D eigenvalue weighted by Gasteiger charge is -2.30. The predicted octanol–water partition coefficient (Wildman–Crippen LogP) is 1.60. The summed E-state index contributed by atoms with van der Waals surface area (Å²) in [5, 5.41) is 12.5. The largest absolute Gasteiger partial charge is 0.454 e. The minimum atomic E-state index is -0.476. The van der Waals surface area contributed by atoms with Crippen LogP contribution in [0, 0.1) is 11.3 Å². The third-order valence-corrected chi connectivity index (χ3v) is 5.51. The maximum absolute atomic E-state index is 12.4. The van der Waals surface area contributed by atoms with Crippen molar-refractivity contribution < 1.29 is 19.0 Å². The number of fused-ring (bicyclic) bond motifs is 4. The van der Waals surface area contributed by atoms with Gasteiger partial charge in [0.25, 0.3) is 0 Å². The van der Waals surface area contributed by atoms with Gasteiger partial charge in [-0.25, -0.2) is 9.78 Å². The van der Waals surface area contributed by atoms with Crippen LogP contribution >= 0.6 is 11.3 Å². The number of amides is 2. The van der Waals surface area contributed by atoms with Crippen LogP contribution in [-0.4, -0.2) is 42.6 Å². The molecule has 2 fully saturated rings. The van der Waals surface area contributed by atoms with Crippen LogP contribution in [0.2, 0.25) is 0 Å². The molecule has 2 saturated heterocycles. The summed E-state index contributed by atoms with van der Waals surface area (Å²) in [6.07, 6.45) is 0.0105. The van der Waals surface area contributed by atoms with E-state index in [0.29, 0.717) is 35.2 Å². The molecule has 1 N–H and O–H groups in total. The van der Waals surface area contributed by atoms with Crippen LogP contribution in [0.3, 0.4) is 0 Å². The van der Waals surface area contributed by atoms with Crippen LogP contribution in [-0.2, 0) is 4.74 Å². The number of carbonyl (C=O) groups is 1. The van der Waals surface area contributed by atoms with Gasteiger partial charge in [-0.2, -0.15) is 5.26 Å². The molecule has 1 aromatic carbocycles. The van der Waals surface area contributed by atoms with E-state index in [0.717, 1.165) is 4.70 Å². The molecule has 9 heteroatoms. The fourth-order valence-electron chi connectivity index (χ4n) is 3.34. The molecule has 5 rings (SSSR count). The highest BCUT2D eigenvalue weighted by Crippen LogP contribution is 2.43. The first-order valence-corrected chi connectivity index (χ1v) is 8.36. The molecule has 2 amide bonds. The Morgan fingerprint density at radius 2 is 2.33 bits per heavy atom. The number of ether oxygens (including phenoxy) is 3. The zero-order valence-corrected chi connectivity index (χ0v) is 13.2. The zero-order chi connectivity index (χ0) is 16.3. The van der Waals surface area contributed by atoms with Crippen molar-refractivity contribution >= 4 is 32.7 Å². The van der Waals surface area contributed by atoms with Gasteiger partial charge >= 0.3 is 6.03 Å². The SMILES string of the molecule is N#C[C@H]1C[C@H]2NC(=O)N(c3nc4c5c(ccc4s3)OCO5)[C@H]2CO1. The van der Waals surface area contributed by atoms with Crippen LogP contribution in [0.25, 0.3) is 10.2 Å². The molecule has 0 aliphatic carbocycles. The molecule has 0 unspecified atom stereocenters. The van der Waals surface area contributed by atoms with Gasteiger partial charge in [-0.05, 0) is 12.1 Å². The van der Waals surface area contributed by atoms with Crippen LogP contribution < -0.4 is 19.7 Å². The van der Waals surface area contributed by atoms with Crippen molar-refractivity contribution in [3.8, 4) is 17.6 Å². The number of rotatable bonds is 1. The number of benzene rings is 1. The summed E-state index contributed by atoms with van der Waals surface area (Å²) in [7, 11) is 0. The predicted molar refractivity (Wildman–Crippen MR) is 84.3 cm³/mol. The number of aromatic nitrogens is 1. The molecule has 0 bridgehead atoms. The van der Waals surface area contributed by atoms with Gasteiger partial charge in [0.1, 0.15) is 11.6 Å². The van der Waals surface area contributed by atoms with E-state index in [9.17, 15) is 4.79 Å². The molecule has 3 aliphatic rings. The fourth-order valence-corrected chi connectivity index (χ4v) is 4.36. The second-order valence-corrected chi connectivity index (χ2v) is 6.83. The summed E-state index contributed by atoms with van der Waals surface area (Å²) < 4.78 is 17.3. The van der Waals surface area contributed by atoms with E-state index in [1.807, 2.05) is 12.1 Å². The summed E-state index contributed by atoms with van der Waals surface area (Å²) in [5.74, 6) is 1.29. The summed E-state index contributed by atoms with van der Waals surface area (Å²) in [6.45, 7) is 0.495. The van der Waals surface area contributed by atoms with Crippen molar-refractivity contribution in [2.45, 2.75) is 24.6 Å². The van der Waals surface area contributed by atoms with Crippen molar-refractivity contribution in [1.82, 2.24) is 10.3 Å². The topological polar surface area (TPSA) is 96.7 Å². The lowest BCUT2D eigenvalue weighted by Crippen LogP contribution is -2.47. The van der Waals surface area contributed by atoms with Crippen molar-refractivity contribution in [1.29, 1.82) is 5.26 Å². The number of thiazole rings is 1. The first kappa shape index (κ1) is 13.8. The third kappa shape index (κ3) is 1.87. The second-order valence-electron chi connectivity index (χ2n) is 5.82. The van der Waals surface area contributed by atoms with Crippen molar-refractivity contribution in [3.63, 3.8) is 0 Å². The molecule has 8 nitrogen and oxygen atoms in total.